The zero-order valence-corrected chi connectivity index (χ0v) is 15.0. The Morgan fingerprint density at radius 3 is 2.58 bits per heavy atom. The Kier molecular flexibility index (Phi) is 5.34. The number of primary amides is 1. The maximum Gasteiger partial charge on any atom is 0.248 e. The van der Waals surface area contributed by atoms with Gasteiger partial charge in [-0.15, -0.1) is 0 Å². The molecule has 26 heavy (non-hydrogen) atoms. The summed E-state index contributed by atoms with van der Waals surface area (Å²) in [4.78, 5) is 13.6. The molecule has 0 bridgehead atoms. The molecule has 0 saturated carbocycles. The van der Waals surface area contributed by atoms with Gasteiger partial charge in [0.1, 0.15) is 0 Å². The number of aromatic nitrogens is 2. The number of nitrogens with zero attached hydrogens (tertiary/aromatic N) is 3. The van der Waals surface area contributed by atoms with Gasteiger partial charge < -0.3 is 16.0 Å². The maximum atomic E-state index is 11.5. The van der Waals surface area contributed by atoms with E-state index in [4.69, 9.17) is 5.73 Å². The Morgan fingerprint density at radius 1 is 1.19 bits per heavy atom. The number of carbonyl (C=O) groups is 1. The summed E-state index contributed by atoms with van der Waals surface area (Å²) in [7, 11) is 4.03. The van der Waals surface area contributed by atoms with Crippen molar-refractivity contribution in [1.29, 1.82) is 0 Å². The molecule has 6 nitrogen and oxygen atoms in total. The first-order chi connectivity index (χ1) is 12.5. The number of carbonyl (C=O) groups excluding carboxylic acids is 1. The van der Waals surface area contributed by atoms with E-state index in [0.717, 1.165) is 29.0 Å². The standard InChI is InChI=1S/C20H23N5O/c1-24(2)14-17-7-6-16(20(21)26)12-19(17)22-13-15-4-8-18(9-5-15)25-11-3-10-23-25/h3-12,22H,13-14H2,1-2H3,(H2,21,26). The highest BCUT2D eigenvalue weighted by atomic mass is 16.1. The number of nitrogens with one attached hydrogen (secondary N) is 1. The third-order valence-corrected chi connectivity index (χ3v) is 4.07. The van der Waals surface area contributed by atoms with Crippen molar-refractivity contribution in [2.75, 3.05) is 19.4 Å². The molecule has 2 aromatic carbocycles. The SMILES string of the molecule is CN(C)Cc1ccc(C(N)=O)cc1NCc1ccc(-n2cccn2)cc1. The topological polar surface area (TPSA) is 76.2 Å². The number of benzene rings is 2. The number of amides is 1. The minimum absolute atomic E-state index is 0.423. The molecule has 1 aromatic heterocycles. The summed E-state index contributed by atoms with van der Waals surface area (Å²) in [6.07, 6.45) is 3.67. The van der Waals surface area contributed by atoms with E-state index in [1.54, 1.807) is 12.3 Å². The molecule has 6 heteroatoms. The second-order valence-corrected chi connectivity index (χ2v) is 6.44. The fourth-order valence-electron chi connectivity index (χ4n) is 2.76. The highest BCUT2D eigenvalue weighted by Crippen LogP contribution is 2.20. The lowest BCUT2D eigenvalue weighted by atomic mass is 10.1. The van der Waals surface area contributed by atoms with Crippen LogP contribution in [0.15, 0.2) is 60.9 Å². The van der Waals surface area contributed by atoms with Gasteiger partial charge in [-0.1, -0.05) is 18.2 Å². The molecule has 0 fully saturated rings. The van der Waals surface area contributed by atoms with Gasteiger partial charge in [0.15, 0.2) is 0 Å². The van der Waals surface area contributed by atoms with Gasteiger partial charge in [0.25, 0.3) is 0 Å². The molecule has 0 unspecified atom stereocenters. The van der Waals surface area contributed by atoms with Crippen LogP contribution < -0.4 is 11.1 Å². The smallest absolute Gasteiger partial charge is 0.248 e. The lowest BCUT2D eigenvalue weighted by Crippen LogP contribution is -2.15. The van der Waals surface area contributed by atoms with E-state index in [0.29, 0.717) is 12.1 Å². The molecule has 0 aliphatic rings. The average Bonchev–Trinajstić information content (AvgIpc) is 3.15. The van der Waals surface area contributed by atoms with Crippen molar-refractivity contribution in [3.05, 3.63) is 77.6 Å². The summed E-state index contributed by atoms with van der Waals surface area (Å²) >= 11 is 0. The van der Waals surface area contributed by atoms with E-state index in [-0.39, 0.29) is 0 Å². The normalized spacial score (nSPS) is 10.9. The van der Waals surface area contributed by atoms with Crippen molar-refractivity contribution in [3.8, 4) is 5.69 Å². The Bertz CT molecular complexity index is 870. The first-order valence-corrected chi connectivity index (χ1v) is 8.43. The summed E-state index contributed by atoms with van der Waals surface area (Å²) in [6, 6.07) is 15.6. The van der Waals surface area contributed by atoms with Crippen LogP contribution in [0.25, 0.3) is 5.69 Å². The molecule has 3 rings (SSSR count). The lowest BCUT2D eigenvalue weighted by Gasteiger charge is -2.17. The van der Waals surface area contributed by atoms with Crippen LogP contribution in [0.4, 0.5) is 5.69 Å². The minimum Gasteiger partial charge on any atom is -0.381 e. The molecule has 0 saturated heterocycles. The molecular weight excluding hydrogens is 326 g/mol. The molecule has 134 valence electrons. The molecule has 0 aliphatic carbocycles. The van der Waals surface area contributed by atoms with E-state index < -0.39 is 5.91 Å². The Morgan fingerprint density at radius 2 is 1.96 bits per heavy atom. The fraction of sp³-hybridized carbons (Fsp3) is 0.200. The quantitative estimate of drug-likeness (QED) is 0.687. The van der Waals surface area contributed by atoms with Gasteiger partial charge in [-0.2, -0.15) is 5.10 Å². The van der Waals surface area contributed by atoms with Crippen molar-refractivity contribution in [3.63, 3.8) is 0 Å². The van der Waals surface area contributed by atoms with E-state index in [1.165, 1.54) is 0 Å². The molecule has 0 atom stereocenters. The number of hydrogen-bond acceptors (Lipinski definition) is 4. The van der Waals surface area contributed by atoms with Crippen molar-refractivity contribution in [2.24, 2.45) is 5.73 Å². The average molecular weight is 349 g/mol. The number of anilines is 1. The number of hydrogen-bond donors (Lipinski definition) is 2. The maximum absolute atomic E-state index is 11.5. The Balaban J connectivity index is 1.75. The number of rotatable bonds is 7. The second-order valence-electron chi connectivity index (χ2n) is 6.44. The largest absolute Gasteiger partial charge is 0.381 e. The first-order valence-electron chi connectivity index (χ1n) is 8.43. The van der Waals surface area contributed by atoms with Crippen LogP contribution in [0.3, 0.4) is 0 Å². The van der Waals surface area contributed by atoms with Crippen LogP contribution in [0.5, 0.6) is 0 Å². The van der Waals surface area contributed by atoms with Crippen LogP contribution in [-0.2, 0) is 13.1 Å². The predicted octanol–water partition coefficient (Wildman–Crippen LogP) is 2.64. The summed E-state index contributed by atoms with van der Waals surface area (Å²) in [5, 5.41) is 7.66. The predicted molar refractivity (Wildman–Crippen MR) is 103 cm³/mol. The van der Waals surface area contributed by atoms with Crippen molar-refractivity contribution < 1.29 is 4.79 Å². The zero-order chi connectivity index (χ0) is 18.5. The van der Waals surface area contributed by atoms with Crippen molar-refractivity contribution in [1.82, 2.24) is 14.7 Å². The second kappa shape index (κ2) is 7.84. The summed E-state index contributed by atoms with van der Waals surface area (Å²) < 4.78 is 1.82. The van der Waals surface area contributed by atoms with Gasteiger partial charge in [-0.25, -0.2) is 4.68 Å². The molecule has 0 radical (unpaired) electrons. The summed E-state index contributed by atoms with van der Waals surface area (Å²) in [5.74, 6) is -0.423. The van der Waals surface area contributed by atoms with Gasteiger partial charge >= 0.3 is 0 Å². The monoisotopic (exact) mass is 349 g/mol. The zero-order valence-electron chi connectivity index (χ0n) is 15.0. The number of nitrogens with two attached hydrogens (primary N) is 1. The molecule has 3 N–H and O–H groups in total. The van der Waals surface area contributed by atoms with E-state index in [1.807, 2.05) is 55.3 Å². The van der Waals surface area contributed by atoms with Gasteiger partial charge in [-0.3, -0.25) is 4.79 Å². The highest BCUT2D eigenvalue weighted by Gasteiger charge is 2.08. The van der Waals surface area contributed by atoms with E-state index in [2.05, 4.69) is 27.4 Å². The van der Waals surface area contributed by atoms with Crippen molar-refractivity contribution in [2.45, 2.75) is 13.1 Å². The molecule has 1 heterocycles. The molecule has 3 aromatic rings. The van der Waals surface area contributed by atoms with E-state index in [9.17, 15) is 4.79 Å². The molecule has 0 aliphatic heterocycles. The molecule has 1 amide bonds. The first kappa shape index (κ1) is 17.7. The van der Waals surface area contributed by atoms with E-state index >= 15 is 0 Å². The van der Waals surface area contributed by atoms with Gasteiger partial charge in [-0.05, 0) is 55.6 Å². The minimum atomic E-state index is -0.423. The fourth-order valence-corrected chi connectivity index (χ4v) is 2.76. The van der Waals surface area contributed by atoms with Crippen LogP contribution in [0.1, 0.15) is 21.5 Å². The van der Waals surface area contributed by atoms with Gasteiger partial charge in [0.05, 0.1) is 5.69 Å². The van der Waals surface area contributed by atoms with Gasteiger partial charge in [0, 0.05) is 36.7 Å². The Hall–Kier alpha value is -3.12. The summed E-state index contributed by atoms with van der Waals surface area (Å²) in [6.45, 7) is 1.43. The van der Waals surface area contributed by atoms with Crippen LogP contribution in [0, 0.1) is 0 Å². The van der Waals surface area contributed by atoms with Crippen LogP contribution in [-0.4, -0.2) is 34.7 Å². The van der Waals surface area contributed by atoms with Crippen LogP contribution in [0.2, 0.25) is 0 Å². The summed E-state index contributed by atoms with van der Waals surface area (Å²) in [5.41, 5.74) is 10.1. The van der Waals surface area contributed by atoms with Crippen molar-refractivity contribution >= 4 is 11.6 Å². The van der Waals surface area contributed by atoms with Crippen LogP contribution >= 0.6 is 0 Å². The third-order valence-electron chi connectivity index (χ3n) is 4.07. The Labute approximate surface area is 153 Å². The van der Waals surface area contributed by atoms with Gasteiger partial charge in [0.2, 0.25) is 5.91 Å². The highest BCUT2D eigenvalue weighted by molar-refractivity contribution is 5.94. The molecule has 0 spiro atoms. The lowest BCUT2D eigenvalue weighted by molar-refractivity contribution is 0.100. The third kappa shape index (κ3) is 4.29. The molecular formula is C20H23N5O.